The van der Waals surface area contributed by atoms with Crippen LogP contribution in [0.2, 0.25) is 0 Å². The maximum Gasteiger partial charge on any atom is 0.335 e. The largest absolute Gasteiger partial charge is 0.478 e. The van der Waals surface area contributed by atoms with Crippen LogP contribution in [0.5, 0.6) is 0 Å². The Morgan fingerprint density at radius 3 is 2.47 bits per heavy atom. The molecule has 0 atom stereocenters. The molecular formula is C14H17NO4. The van der Waals surface area contributed by atoms with Gasteiger partial charge in [-0.25, -0.2) is 4.79 Å². The molecular weight excluding hydrogens is 246 g/mol. The third kappa shape index (κ3) is 2.76. The Balaban J connectivity index is 2.35. The van der Waals surface area contributed by atoms with Gasteiger partial charge < -0.3 is 14.7 Å². The molecule has 1 fully saturated rings. The molecule has 1 aromatic rings. The second kappa shape index (κ2) is 5.84. The topological polar surface area (TPSA) is 66.8 Å². The van der Waals surface area contributed by atoms with Gasteiger partial charge in [-0.3, -0.25) is 4.79 Å². The summed E-state index contributed by atoms with van der Waals surface area (Å²) in [5.41, 5.74) is 1.30. The van der Waals surface area contributed by atoms with E-state index in [1.54, 1.807) is 17.0 Å². The smallest absolute Gasteiger partial charge is 0.335 e. The van der Waals surface area contributed by atoms with Crippen LogP contribution in [0.1, 0.15) is 33.2 Å². The predicted octanol–water partition coefficient (Wildman–Crippen LogP) is 1.42. The number of aromatic carboxylic acids is 1. The van der Waals surface area contributed by atoms with Gasteiger partial charge in [0.15, 0.2) is 0 Å². The van der Waals surface area contributed by atoms with Crippen LogP contribution < -0.4 is 0 Å². The summed E-state index contributed by atoms with van der Waals surface area (Å²) in [5, 5.41) is 9.17. The number of carboxylic acids is 1. The van der Waals surface area contributed by atoms with Gasteiger partial charge in [-0.2, -0.15) is 0 Å². The maximum atomic E-state index is 12.4. The van der Waals surface area contributed by atoms with Crippen molar-refractivity contribution in [3.8, 4) is 0 Å². The molecule has 0 unspecified atom stereocenters. The van der Waals surface area contributed by atoms with E-state index >= 15 is 0 Å². The molecule has 1 amide bonds. The number of carbonyl (C=O) groups excluding carboxylic acids is 1. The van der Waals surface area contributed by atoms with Crippen molar-refractivity contribution in [2.24, 2.45) is 0 Å². The van der Waals surface area contributed by atoms with E-state index in [1.165, 1.54) is 6.07 Å². The molecule has 0 spiro atoms. The van der Waals surface area contributed by atoms with Crippen molar-refractivity contribution in [2.45, 2.75) is 13.3 Å². The second-order valence-electron chi connectivity index (χ2n) is 4.39. The highest BCUT2D eigenvalue weighted by Crippen LogP contribution is 2.18. The molecule has 19 heavy (non-hydrogen) atoms. The molecule has 0 aliphatic carbocycles. The van der Waals surface area contributed by atoms with Crippen molar-refractivity contribution in [2.75, 3.05) is 26.3 Å². The number of carbonyl (C=O) groups is 2. The highest BCUT2D eigenvalue weighted by atomic mass is 16.5. The molecule has 0 bridgehead atoms. The Kier molecular flexibility index (Phi) is 4.16. The molecule has 1 saturated heterocycles. The Labute approximate surface area is 111 Å². The second-order valence-corrected chi connectivity index (χ2v) is 4.39. The van der Waals surface area contributed by atoms with Gasteiger partial charge in [-0.05, 0) is 24.1 Å². The van der Waals surface area contributed by atoms with E-state index in [2.05, 4.69) is 0 Å². The number of hydrogen-bond donors (Lipinski definition) is 1. The summed E-state index contributed by atoms with van der Waals surface area (Å²) in [4.78, 5) is 25.3. The summed E-state index contributed by atoms with van der Waals surface area (Å²) < 4.78 is 5.22. The van der Waals surface area contributed by atoms with E-state index in [1.807, 2.05) is 6.92 Å². The Bertz CT molecular complexity index is 492. The quantitative estimate of drug-likeness (QED) is 0.895. The van der Waals surface area contributed by atoms with Crippen LogP contribution in [0.3, 0.4) is 0 Å². The van der Waals surface area contributed by atoms with E-state index in [-0.39, 0.29) is 11.5 Å². The minimum atomic E-state index is -0.992. The monoisotopic (exact) mass is 263 g/mol. The average Bonchev–Trinajstić information content (AvgIpc) is 2.46. The van der Waals surface area contributed by atoms with Gasteiger partial charge in [0, 0.05) is 18.7 Å². The number of hydrogen-bond acceptors (Lipinski definition) is 3. The molecule has 1 aliphatic heterocycles. The summed E-state index contributed by atoms with van der Waals surface area (Å²) in [5.74, 6) is -1.10. The van der Waals surface area contributed by atoms with Gasteiger partial charge >= 0.3 is 5.97 Å². The zero-order chi connectivity index (χ0) is 13.8. The summed E-state index contributed by atoms with van der Waals surface area (Å²) in [6.45, 7) is 4.04. The lowest BCUT2D eigenvalue weighted by Gasteiger charge is -2.27. The standard InChI is InChI=1S/C14H17NO4/c1-2-10-11(4-3-5-12(10)14(17)18)13(16)15-6-8-19-9-7-15/h3-5H,2,6-9H2,1H3,(H,17,18). The van der Waals surface area contributed by atoms with E-state index in [0.717, 1.165) is 0 Å². The number of nitrogens with zero attached hydrogens (tertiary/aromatic N) is 1. The highest BCUT2D eigenvalue weighted by molar-refractivity contribution is 6.00. The van der Waals surface area contributed by atoms with Gasteiger partial charge in [0.2, 0.25) is 0 Å². The number of benzene rings is 1. The minimum Gasteiger partial charge on any atom is -0.478 e. The zero-order valence-electron chi connectivity index (χ0n) is 10.9. The number of amides is 1. The molecule has 1 heterocycles. The first-order chi connectivity index (χ1) is 9.15. The average molecular weight is 263 g/mol. The molecule has 1 N–H and O–H groups in total. The molecule has 102 valence electrons. The van der Waals surface area contributed by atoms with Crippen molar-refractivity contribution >= 4 is 11.9 Å². The van der Waals surface area contributed by atoms with E-state index in [4.69, 9.17) is 9.84 Å². The van der Waals surface area contributed by atoms with E-state index < -0.39 is 5.97 Å². The summed E-state index contributed by atoms with van der Waals surface area (Å²) in [6, 6.07) is 4.86. The molecule has 1 aromatic carbocycles. The molecule has 5 heteroatoms. The third-order valence-electron chi connectivity index (χ3n) is 3.29. The highest BCUT2D eigenvalue weighted by Gasteiger charge is 2.23. The van der Waals surface area contributed by atoms with Crippen molar-refractivity contribution < 1.29 is 19.4 Å². The van der Waals surface area contributed by atoms with Gasteiger partial charge in [-0.1, -0.05) is 13.0 Å². The first-order valence-electron chi connectivity index (χ1n) is 6.37. The van der Waals surface area contributed by atoms with Gasteiger partial charge in [0.1, 0.15) is 0 Å². The molecule has 1 aliphatic rings. The Hall–Kier alpha value is -1.88. The van der Waals surface area contributed by atoms with E-state index in [0.29, 0.717) is 43.9 Å². The van der Waals surface area contributed by atoms with Crippen molar-refractivity contribution in [3.05, 3.63) is 34.9 Å². The van der Waals surface area contributed by atoms with Crippen LogP contribution in [0.25, 0.3) is 0 Å². The molecule has 2 rings (SSSR count). The van der Waals surface area contributed by atoms with Gasteiger partial charge in [0.05, 0.1) is 18.8 Å². The van der Waals surface area contributed by atoms with Crippen LogP contribution in [0.15, 0.2) is 18.2 Å². The lowest BCUT2D eigenvalue weighted by atomic mass is 9.97. The number of ether oxygens (including phenoxy) is 1. The van der Waals surface area contributed by atoms with Gasteiger partial charge in [-0.15, -0.1) is 0 Å². The van der Waals surface area contributed by atoms with Crippen LogP contribution in [-0.4, -0.2) is 48.2 Å². The van der Waals surface area contributed by atoms with Crippen molar-refractivity contribution in [3.63, 3.8) is 0 Å². The van der Waals surface area contributed by atoms with Crippen LogP contribution in [0.4, 0.5) is 0 Å². The van der Waals surface area contributed by atoms with Gasteiger partial charge in [0.25, 0.3) is 5.91 Å². The molecule has 0 saturated carbocycles. The van der Waals surface area contributed by atoms with Crippen molar-refractivity contribution in [1.82, 2.24) is 4.90 Å². The normalized spacial score (nSPS) is 15.3. The Morgan fingerprint density at radius 2 is 1.89 bits per heavy atom. The predicted molar refractivity (Wildman–Crippen MR) is 69.5 cm³/mol. The number of rotatable bonds is 3. The fraction of sp³-hybridized carbons (Fsp3) is 0.429. The third-order valence-corrected chi connectivity index (χ3v) is 3.29. The minimum absolute atomic E-state index is 0.108. The maximum absolute atomic E-state index is 12.4. The van der Waals surface area contributed by atoms with Crippen LogP contribution >= 0.6 is 0 Å². The Morgan fingerprint density at radius 1 is 1.26 bits per heavy atom. The summed E-state index contributed by atoms with van der Waals surface area (Å²) in [6.07, 6.45) is 0.522. The van der Waals surface area contributed by atoms with Crippen LogP contribution in [0, 0.1) is 0 Å². The lowest BCUT2D eigenvalue weighted by Crippen LogP contribution is -2.41. The summed E-state index contributed by atoms with van der Waals surface area (Å²) in [7, 11) is 0. The SMILES string of the molecule is CCc1c(C(=O)O)cccc1C(=O)N1CCOCC1. The fourth-order valence-electron chi connectivity index (χ4n) is 2.31. The molecule has 0 radical (unpaired) electrons. The first kappa shape index (κ1) is 13.5. The van der Waals surface area contributed by atoms with Crippen molar-refractivity contribution in [1.29, 1.82) is 0 Å². The fourth-order valence-corrected chi connectivity index (χ4v) is 2.31. The zero-order valence-corrected chi connectivity index (χ0v) is 10.9. The molecule has 0 aromatic heterocycles. The van der Waals surface area contributed by atoms with Crippen LogP contribution in [-0.2, 0) is 11.2 Å². The number of morpholine rings is 1. The number of carboxylic acid groups (broad SMARTS) is 1. The lowest BCUT2D eigenvalue weighted by molar-refractivity contribution is 0.0302. The molecule has 5 nitrogen and oxygen atoms in total. The summed E-state index contributed by atoms with van der Waals surface area (Å²) >= 11 is 0. The van der Waals surface area contributed by atoms with E-state index in [9.17, 15) is 9.59 Å². The first-order valence-corrected chi connectivity index (χ1v) is 6.37.